The van der Waals surface area contributed by atoms with Crippen molar-refractivity contribution in [3.63, 3.8) is 0 Å². The van der Waals surface area contributed by atoms with Gasteiger partial charge in [-0.2, -0.15) is 25.3 Å². The molecule has 0 aromatic heterocycles. The molecule has 2 amide bonds. The molecular formula is C30H56N2O8S3. The first kappa shape index (κ1) is 41.9. The van der Waals surface area contributed by atoms with Gasteiger partial charge in [-0.1, -0.05) is 116 Å². The Kier molecular flexibility index (Phi) is 27.6. The summed E-state index contributed by atoms with van der Waals surface area (Å²) in [7, 11) is 0. The van der Waals surface area contributed by atoms with Crippen LogP contribution in [0.15, 0.2) is 0 Å². The van der Waals surface area contributed by atoms with Gasteiger partial charge in [-0.05, 0) is 12.8 Å². The molecule has 252 valence electrons. The van der Waals surface area contributed by atoms with Crippen LogP contribution in [0.1, 0.15) is 117 Å². The maximum absolute atomic E-state index is 12.4. The fourth-order valence-corrected chi connectivity index (χ4v) is 5.22. The van der Waals surface area contributed by atoms with E-state index in [4.69, 9.17) is 9.47 Å². The van der Waals surface area contributed by atoms with Gasteiger partial charge in [0.1, 0.15) is 12.1 Å². The number of ether oxygens (including phenoxy) is 2. The highest BCUT2D eigenvalue weighted by Gasteiger charge is 2.30. The lowest BCUT2D eigenvalue weighted by Gasteiger charge is -2.20. The number of thioether (sulfide) groups is 1. The van der Waals surface area contributed by atoms with Gasteiger partial charge in [0.2, 0.25) is 0 Å². The monoisotopic (exact) mass is 668 g/mol. The molecule has 0 aliphatic rings. The van der Waals surface area contributed by atoms with Crippen LogP contribution in [0.3, 0.4) is 0 Å². The zero-order valence-electron chi connectivity index (χ0n) is 26.1. The summed E-state index contributed by atoms with van der Waals surface area (Å²) >= 11 is 8.39. The van der Waals surface area contributed by atoms with Crippen LogP contribution in [0, 0.1) is 0 Å². The van der Waals surface area contributed by atoms with E-state index < -0.39 is 46.7 Å². The fraction of sp³-hybridized carbons (Fsp3) is 0.867. The molecule has 4 unspecified atom stereocenters. The highest BCUT2D eigenvalue weighted by molar-refractivity contribution is 8.01. The van der Waals surface area contributed by atoms with Crippen LogP contribution in [-0.4, -0.2) is 81.6 Å². The van der Waals surface area contributed by atoms with E-state index >= 15 is 0 Å². The minimum atomic E-state index is -1.87. The third-order valence-corrected chi connectivity index (χ3v) is 8.43. The second kappa shape index (κ2) is 28.3. The highest BCUT2D eigenvalue weighted by Crippen LogP contribution is 2.16. The Morgan fingerprint density at radius 2 is 0.884 bits per heavy atom. The number of amides is 2. The molecule has 0 aromatic carbocycles. The lowest BCUT2D eigenvalue weighted by molar-refractivity contribution is -0.148. The first-order chi connectivity index (χ1) is 20.7. The summed E-state index contributed by atoms with van der Waals surface area (Å²) in [6.45, 7) is 4.80. The molecule has 4 N–H and O–H groups in total. The standard InChI is InChI=1S/C30H56N2O8S3/c1-3-5-7-9-11-13-15-17-19-39-27(35)23(21-41)31-25(33)29(37)43-30(38)26(34)32-24(22-42)28(36)40-20-18-16-14-12-10-8-6-4-2/h23-24,29-30,37-38,41-42H,3-22H2,1-2H3,(H,31,33)(H,32,34). The van der Waals surface area contributed by atoms with Gasteiger partial charge in [0.25, 0.3) is 11.8 Å². The molecule has 0 aliphatic carbocycles. The molecule has 0 aliphatic heterocycles. The number of hydrogen-bond donors (Lipinski definition) is 6. The molecule has 13 heteroatoms. The van der Waals surface area contributed by atoms with Crippen molar-refractivity contribution >= 4 is 60.8 Å². The van der Waals surface area contributed by atoms with Gasteiger partial charge in [0.05, 0.1) is 13.2 Å². The third-order valence-electron chi connectivity index (χ3n) is 6.76. The molecule has 43 heavy (non-hydrogen) atoms. The number of carbonyl (C=O) groups excluding carboxylic acids is 4. The molecule has 0 bridgehead atoms. The lowest BCUT2D eigenvalue weighted by Crippen LogP contribution is -2.49. The van der Waals surface area contributed by atoms with E-state index in [-0.39, 0.29) is 36.5 Å². The molecule has 10 nitrogen and oxygen atoms in total. The Balaban J connectivity index is 4.35. The van der Waals surface area contributed by atoms with Crippen molar-refractivity contribution in [2.45, 2.75) is 140 Å². The van der Waals surface area contributed by atoms with Crippen molar-refractivity contribution in [2.75, 3.05) is 24.7 Å². The van der Waals surface area contributed by atoms with Crippen molar-refractivity contribution in [1.82, 2.24) is 10.6 Å². The topological polar surface area (TPSA) is 151 Å². The van der Waals surface area contributed by atoms with Crippen molar-refractivity contribution in [1.29, 1.82) is 0 Å². The predicted octanol–water partition coefficient (Wildman–Crippen LogP) is 4.55. The Morgan fingerprint density at radius 1 is 0.581 bits per heavy atom. The average molecular weight is 669 g/mol. The van der Waals surface area contributed by atoms with E-state index in [0.29, 0.717) is 12.8 Å². The number of unbranched alkanes of at least 4 members (excludes halogenated alkanes) is 14. The fourth-order valence-electron chi connectivity index (χ4n) is 4.11. The minimum Gasteiger partial charge on any atom is -0.464 e. The highest BCUT2D eigenvalue weighted by atomic mass is 32.2. The number of aliphatic hydroxyl groups is 2. The molecule has 0 saturated carbocycles. The Labute approximate surface area is 273 Å². The molecule has 0 heterocycles. The summed E-state index contributed by atoms with van der Waals surface area (Å²) in [5, 5.41) is 25.0. The smallest absolute Gasteiger partial charge is 0.329 e. The van der Waals surface area contributed by atoms with E-state index in [2.05, 4.69) is 49.7 Å². The number of esters is 2. The normalized spacial score (nSPS) is 13.9. The first-order valence-electron chi connectivity index (χ1n) is 15.9. The summed E-state index contributed by atoms with van der Waals surface area (Å²) < 4.78 is 10.5. The van der Waals surface area contributed by atoms with Gasteiger partial charge < -0.3 is 30.3 Å². The molecular weight excluding hydrogens is 613 g/mol. The van der Waals surface area contributed by atoms with Crippen molar-refractivity contribution in [3.05, 3.63) is 0 Å². The lowest BCUT2D eigenvalue weighted by atomic mass is 10.1. The Morgan fingerprint density at radius 3 is 1.19 bits per heavy atom. The quantitative estimate of drug-likeness (QED) is 0.0305. The van der Waals surface area contributed by atoms with Gasteiger partial charge in [-0.15, -0.1) is 0 Å². The zero-order chi connectivity index (χ0) is 32.3. The molecule has 0 radical (unpaired) electrons. The van der Waals surface area contributed by atoms with E-state index in [0.717, 1.165) is 38.5 Å². The maximum atomic E-state index is 12.4. The van der Waals surface area contributed by atoms with Crippen LogP contribution in [0.4, 0.5) is 0 Å². The van der Waals surface area contributed by atoms with E-state index in [9.17, 15) is 29.4 Å². The number of nitrogens with one attached hydrogen (secondary N) is 2. The van der Waals surface area contributed by atoms with Gasteiger partial charge >= 0.3 is 11.9 Å². The Hall–Kier alpha value is -1.15. The molecule has 4 atom stereocenters. The van der Waals surface area contributed by atoms with Gasteiger partial charge in [0.15, 0.2) is 10.9 Å². The first-order valence-corrected chi connectivity index (χ1v) is 18.1. The molecule has 0 aromatic rings. The van der Waals surface area contributed by atoms with E-state index in [1.54, 1.807) is 0 Å². The summed E-state index contributed by atoms with van der Waals surface area (Å²) in [5.41, 5.74) is -3.74. The predicted molar refractivity (Wildman–Crippen MR) is 178 cm³/mol. The molecule has 0 spiro atoms. The second-order valence-electron chi connectivity index (χ2n) is 10.6. The van der Waals surface area contributed by atoms with Crippen LogP contribution >= 0.6 is 37.0 Å². The SMILES string of the molecule is CCCCCCCCCCOC(=O)C(CS)NC(=O)C(O)SC(O)C(=O)NC(CS)C(=O)OCCCCCCCCCC. The number of aliphatic hydroxyl groups excluding tert-OH is 2. The summed E-state index contributed by atoms with van der Waals surface area (Å²) in [6, 6.07) is -2.20. The number of thiol groups is 2. The van der Waals surface area contributed by atoms with Gasteiger partial charge in [-0.25, -0.2) is 9.59 Å². The van der Waals surface area contributed by atoms with Crippen molar-refractivity contribution < 1.29 is 38.9 Å². The summed E-state index contributed by atoms with van der Waals surface area (Å²) in [6.07, 6.45) is 17.6. The molecule has 0 fully saturated rings. The number of hydrogen-bond acceptors (Lipinski definition) is 11. The number of rotatable bonds is 28. The Bertz CT molecular complexity index is 703. The maximum Gasteiger partial charge on any atom is 0.329 e. The van der Waals surface area contributed by atoms with Crippen LogP contribution in [-0.2, 0) is 28.7 Å². The third kappa shape index (κ3) is 22.1. The van der Waals surface area contributed by atoms with Crippen LogP contribution in [0.2, 0.25) is 0 Å². The van der Waals surface area contributed by atoms with Crippen molar-refractivity contribution in [3.8, 4) is 0 Å². The largest absolute Gasteiger partial charge is 0.464 e. The zero-order valence-corrected chi connectivity index (χ0v) is 28.7. The van der Waals surface area contributed by atoms with Gasteiger partial charge in [-0.3, -0.25) is 9.59 Å². The number of carbonyl (C=O) groups is 4. The average Bonchev–Trinajstić information content (AvgIpc) is 3.00. The van der Waals surface area contributed by atoms with E-state index in [1.807, 2.05) is 0 Å². The van der Waals surface area contributed by atoms with E-state index in [1.165, 1.54) is 51.4 Å². The molecule has 0 rings (SSSR count). The van der Waals surface area contributed by atoms with Gasteiger partial charge in [0, 0.05) is 11.5 Å². The van der Waals surface area contributed by atoms with Crippen LogP contribution < -0.4 is 10.6 Å². The van der Waals surface area contributed by atoms with Crippen LogP contribution in [0.5, 0.6) is 0 Å². The molecule has 0 saturated heterocycles. The van der Waals surface area contributed by atoms with Crippen molar-refractivity contribution in [2.24, 2.45) is 0 Å². The summed E-state index contributed by atoms with van der Waals surface area (Å²) in [5.74, 6) is -3.46. The second-order valence-corrected chi connectivity index (χ2v) is 12.5. The summed E-state index contributed by atoms with van der Waals surface area (Å²) in [4.78, 5) is 49.4. The minimum absolute atomic E-state index is 0.0624. The van der Waals surface area contributed by atoms with Crippen LogP contribution in [0.25, 0.3) is 0 Å².